The van der Waals surface area contributed by atoms with Crippen LogP contribution in [0.3, 0.4) is 0 Å². The minimum Gasteiger partial charge on any atom is -0.481 e. The zero-order chi connectivity index (χ0) is 13.2. The van der Waals surface area contributed by atoms with Crippen molar-refractivity contribution in [2.24, 2.45) is 0 Å². The largest absolute Gasteiger partial charge is 0.481 e. The van der Waals surface area contributed by atoms with Gasteiger partial charge in [0.2, 0.25) is 0 Å². The molecule has 0 amide bonds. The van der Waals surface area contributed by atoms with E-state index >= 15 is 0 Å². The van der Waals surface area contributed by atoms with E-state index in [9.17, 15) is 9.18 Å². The molecule has 0 aliphatic carbocycles. The van der Waals surface area contributed by atoms with Gasteiger partial charge in [-0.3, -0.25) is 4.79 Å². The number of nitrogens with one attached hydrogen (secondary N) is 1. The Hall–Kier alpha value is -1.42. The van der Waals surface area contributed by atoms with Gasteiger partial charge in [-0.05, 0) is 44.0 Å². The van der Waals surface area contributed by atoms with Crippen LogP contribution in [0.5, 0.6) is 0 Å². The van der Waals surface area contributed by atoms with Gasteiger partial charge < -0.3 is 10.4 Å². The second-order valence-corrected chi connectivity index (χ2v) is 4.30. The Labute approximate surface area is 107 Å². The molecule has 0 atom stereocenters. The zero-order valence-corrected chi connectivity index (χ0v) is 10.5. The van der Waals surface area contributed by atoms with Crippen LogP contribution in [-0.2, 0) is 11.2 Å². The third kappa shape index (κ3) is 6.35. The highest BCUT2D eigenvalue weighted by atomic mass is 19.1. The van der Waals surface area contributed by atoms with Crippen LogP contribution in [0.1, 0.15) is 31.2 Å². The first-order valence-corrected chi connectivity index (χ1v) is 6.36. The maximum absolute atomic E-state index is 13.3. The van der Waals surface area contributed by atoms with E-state index in [1.54, 1.807) is 12.1 Å². The van der Waals surface area contributed by atoms with Crippen LogP contribution < -0.4 is 5.32 Å². The molecule has 3 nitrogen and oxygen atoms in total. The third-order valence-corrected chi connectivity index (χ3v) is 2.77. The van der Waals surface area contributed by atoms with Crippen LogP contribution in [-0.4, -0.2) is 24.2 Å². The Morgan fingerprint density at radius 1 is 1.17 bits per heavy atom. The molecule has 0 aliphatic heterocycles. The van der Waals surface area contributed by atoms with E-state index < -0.39 is 5.97 Å². The molecule has 2 N–H and O–H groups in total. The molecule has 18 heavy (non-hydrogen) atoms. The lowest BCUT2D eigenvalue weighted by atomic mass is 10.1. The minimum atomic E-state index is -0.734. The fourth-order valence-electron chi connectivity index (χ4n) is 1.75. The Morgan fingerprint density at radius 2 is 1.94 bits per heavy atom. The highest BCUT2D eigenvalue weighted by Gasteiger charge is 1.99. The summed E-state index contributed by atoms with van der Waals surface area (Å²) < 4.78 is 13.3. The molecule has 0 aromatic heterocycles. The van der Waals surface area contributed by atoms with Crippen molar-refractivity contribution in [3.8, 4) is 0 Å². The number of halogens is 1. The molecule has 0 aliphatic rings. The molecule has 1 rings (SSSR count). The van der Waals surface area contributed by atoms with Crippen LogP contribution in [0.25, 0.3) is 0 Å². The number of hydrogen-bond donors (Lipinski definition) is 2. The lowest BCUT2D eigenvalue weighted by Gasteiger charge is -2.05. The summed E-state index contributed by atoms with van der Waals surface area (Å²) in [6.45, 7) is 1.61. The first kappa shape index (κ1) is 14.6. The number of unbranched alkanes of at least 4 members (excludes halogenated alkanes) is 2. The quantitative estimate of drug-likeness (QED) is 0.665. The Morgan fingerprint density at radius 3 is 2.67 bits per heavy atom. The second-order valence-electron chi connectivity index (χ2n) is 4.30. The highest BCUT2D eigenvalue weighted by Crippen LogP contribution is 2.06. The summed E-state index contributed by atoms with van der Waals surface area (Å²) >= 11 is 0. The van der Waals surface area contributed by atoms with Gasteiger partial charge in [-0.1, -0.05) is 24.6 Å². The number of carboxylic acid groups (broad SMARTS) is 1. The molecule has 0 bridgehead atoms. The van der Waals surface area contributed by atoms with E-state index in [2.05, 4.69) is 5.32 Å². The predicted octanol–water partition coefficient (Wildman–Crippen LogP) is 2.60. The molecular formula is C14H20FNO2. The zero-order valence-electron chi connectivity index (χ0n) is 10.5. The number of benzene rings is 1. The van der Waals surface area contributed by atoms with Crippen molar-refractivity contribution in [3.63, 3.8) is 0 Å². The smallest absolute Gasteiger partial charge is 0.303 e. The maximum atomic E-state index is 13.3. The minimum absolute atomic E-state index is 0.152. The topological polar surface area (TPSA) is 49.3 Å². The average Bonchev–Trinajstić information content (AvgIpc) is 2.34. The van der Waals surface area contributed by atoms with Crippen LogP contribution >= 0.6 is 0 Å². The summed E-state index contributed by atoms with van der Waals surface area (Å²) in [5.74, 6) is -0.886. The van der Waals surface area contributed by atoms with Crippen LogP contribution in [0, 0.1) is 5.82 Å². The molecule has 100 valence electrons. The van der Waals surface area contributed by atoms with Crippen LogP contribution in [0.15, 0.2) is 24.3 Å². The fourth-order valence-corrected chi connectivity index (χ4v) is 1.75. The lowest BCUT2D eigenvalue weighted by molar-refractivity contribution is -0.137. The van der Waals surface area contributed by atoms with Gasteiger partial charge in [0.05, 0.1) is 0 Å². The number of aliphatic carboxylic acids is 1. The van der Waals surface area contributed by atoms with E-state index in [1.807, 2.05) is 6.07 Å². The summed E-state index contributed by atoms with van der Waals surface area (Å²) in [4.78, 5) is 10.3. The third-order valence-electron chi connectivity index (χ3n) is 2.77. The molecule has 0 radical (unpaired) electrons. The summed E-state index contributed by atoms with van der Waals surface area (Å²) in [7, 11) is 0. The predicted molar refractivity (Wildman–Crippen MR) is 69.1 cm³/mol. The molecule has 4 heteroatoms. The van der Waals surface area contributed by atoms with E-state index in [0.717, 1.165) is 37.9 Å². The van der Waals surface area contributed by atoms with Gasteiger partial charge >= 0.3 is 5.97 Å². The van der Waals surface area contributed by atoms with Gasteiger partial charge in [0.15, 0.2) is 0 Å². The van der Waals surface area contributed by atoms with Gasteiger partial charge in [-0.15, -0.1) is 0 Å². The average molecular weight is 253 g/mol. The maximum Gasteiger partial charge on any atom is 0.303 e. The molecular weight excluding hydrogens is 233 g/mol. The molecule has 0 saturated carbocycles. The van der Waals surface area contributed by atoms with Crippen LogP contribution in [0.2, 0.25) is 0 Å². The van der Waals surface area contributed by atoms with Crippen molar-refractivity contribution in [1.82, 2.24) is 5.32 Å². The Kier molecular flexibility index (Phi) is 7.03. The van der Waals surface area contributed by atoms with Gasteiger partial charge in [-0.2, -0.15) is 0 Å². The number of hydrogen-bond acceptors (Lipinski definition) is 2. The van der Waals surface area contributed by atoms with Gasteiger partial charge in [0.1, 0.15) is 5.82 Å². The summed E-state index contributed by atoms with van der Waals surface area (Å²) in [6, 6.07) is 6.80. The van der Waals surface area contributed by atoms with Crippen molar-refractivity contribution >= 4 is 5.97 Å². The molecule has 0 unspecified atom stereocenters. The van der Waals surface area contributed by atoms with Gasteiger partial charge in [0.25, 0.3) is 0 Å². The first-order valence-electron chi connectivity index (χ1n) is 6.36. The lowest BCUT2D eigenvalue weighted by Crippen LogP contribution is -2.18. The van der Waals surface area contributed by atoms with Crippen molar-refractivity contribution in [2.75, 3.05) is 13.1 Å². The number of carboxylic acids is 1. The fraction of sp³-hybridized carbons (Fsp3) is 0.500. The summed E-state index contributed by atoms with van der Waals surface area (Å²) in [5, 5.41) is 11.7. The standard InChI is InChI=1S/C14H20FNO2/c15-13-7-4-3-6-12(13)9-11-16-10-5-1-2-8-14(17)18/h3-4,6-7,16H,1-2,5,8-11H2,(H,17,18). The summed E-state index contributed by atoms with van der Waals surface area (Å²) in [6.07, 6.45) is 3.53. The molecule has 1 aromatic rings. The Bertz CT molecular complexity index is 369. The van der Waals surface area contributed by atoms with Crippen molar-refractivity contribution in [1.29, 1.82) is 0 Å². The summed E-state index contributed by atoms with van der Waals surface area (Å²) in [5.41, 5.74) is 0.732. The van der Waals surface area contributed by atoms with E-state index in [1.165, 1.54) is 6.07 Å². The van der Waals surface area contributed by atoms with Crippen LogP contribution in [0.4, 0.5) is 4.39 Å². The number of carbonyl (C=O) groups is 1. The first-order chi connectivity index (χ1) is 8.70. The number of rotatable bonds is 9. The van der Waals surface area contributed by atoms with Crippen molar-refractivity contribution in [2.45, 2.75) is 32.1 Å². The van der Waals surface area contributed by atoms with E-state index in [-0.39, 0.29) is 12.2 Å². The van der Waals surface area contributed by atoms with Gasteiger partial charge in [0, 0.05) is 6.42 Å². The van der Waals surface area contributed by atoms with E-state index in [4.69, 9.17) is 5.11 Å². The normalized spacial score (nSPS) is 10.5. The molecule has 0 spiro atoms. The Balaban J connectivity index is 1.99. The SMILES string of the molecule is O=C(O)CCCCCNCCc1ccccc1F. The van der Waals surface area contributed by atoms with Crippen molar-refractivity contribution in [3.05, 3.63) is 35.6 Å². The van der Waals surface area contributed by atoms with Gasteiger partial charge in [-0.25, -0.2) is 4.39 Å². The highest BCUT2D eigenvalue weighted by molar-refractivity contribution is 5.66. The van der Waals surface area contributed by atoms with Crippen molar-refractivity contribution < 1.29 is 14.3 Å². The molecule has 1 aromatic carbocycles. The molecule has 0 saturated heterocycles. The molecule has 0 fully saturated rings. The second kappa shape index (κ2) is 8.64. The van der Waals surface area contributed by atoms with E-state index in [0.29, 0.717) is 6.42 Å². The monoisotopic (exact) mass is 253 g/mol. The molecule has 0 heterocycles.